The second kappa shape index (κ2) is 6.50. The number of esters is 1. The van der Waals surface area contributed by atoms with Gasteiger partial charge in [-0.2, -0.15) is 0 Å². The van der Waals surface area contributed by atoms with Gasteiger partial charge in [-0.25, -0.2) is 4.79 Å². The van der Waals surface area contributed by atoms with Gasteiger partial charge in [-0.05, 0) is 32.3 Å². The molecule has 0 spiro atoms. The van der Waals surface area contributed by atoms with Crippen LogP contribution in [-0.4, -0.2) is 54.4 Å². The number of carbonyl (C=O) groups is 2. The van der Waals surface area contributed by atoms with E-state index < -0.39 is 11.5 Å². The lowest BCUT2D eigenvalue weighted by atomic mass is 10.1. The highest BCUT2D eigenvalue weighted by molar-refractivity contribution is 6.00. The first-order valence-corrected chi connectivity index (χ1v) is 7.22. The molecule has 2 rings (SSSR count). The van der Waals surface area contributed by atoms with Crippen molar-refractivity contribution in [2.75, 3.05) is 26.9 Å². The molecule has 0 bridgehead atoms. The van der Waals surface area contributed by atoms with E-state index in [9.17, 15) is 14.7 Å². The number of aromatic nitrogens is 1. The zero-order chi connectivity index (χ0) is 16.3. The van der Waals surface area contributed by atoms with Crippen LogP contribution in [0.15, 0.2) is 0 Å². The number of aromatic amines is 1. The molecule has 0 aliphatic heterocycles. The zero-order valence-corrected chi connectivity index (χ0v) is 13.1. The number of hydrogen-bond donors (Lipinski definition) is 3. The Bertz CT molecular complexity index is 575. The summed E-state index contributed by atoms with van der Waals surface area (Å²) in [5.41, 5.74) is 1.33. The molecule has 1 aromatic heterocycles. The van der Waals surface area contributed by atoms with E-state index in [0.29, 0.717) is 29.1 Å². The molecular formula is C15H22N2O5. The van der Waals surface area contributed by atoms with Crippen LogP contribution in [0, 0.1) is 13.8 Å². The highest BCUT2D eigenvalue weighted by atomic mass is 16.6. The van der Waals surface area contributed by atoms with E-state index in [1.807, 2.05) is 0 Å². The Morgan fingerprint density at radius 2 is 2.00 bits per heavy atom. The summed E-state index contributed by atoms with van der Waals surface area (Å²) in [6, 6.07) is 0. The predicted octanol–water partition coefficient (Wildman–Crippen LogP) is 0.689. The van der Waals surface area contributed by atoms with Gasteiger partial charge < -0.3 is 24.9 Å². The summed E-state index contributed by atoms with van der Waals surface area (Å²) in [6.07, 6.45) is 1.53. The van der Waals surface area contributed by atoms with Crippen molar-refractivity contribution in [1.29, 1.82) is 0 Å². The lowest BCUT2D eigenvalue weighted by Crippen LogP contribution is -2.40. The van der Waals surface area contributed by atoms with Crippen LogP contribution in [0.25, 0.3) is 0 Å². The molecular weight excluding hydrogens is 288 g/mol. The van der Waals surface area contributed by atoms with Gasteiger partial charge in [0.25, 0.3) is 5.91 Å². The third-order valence-corrected chi connectivity index (χ3v) is 3.92. The van der Waals surface area contributed by atoms with Gasteiger partial charge in [0.05, 0.1) is 24.3 Å². The molecule has 1 amide bonds. The predicted molar refractivity (Wildman–Crippen MR) is 78.9 cm³/mol. The van der Waals surface area contributed by atoms with E-state index in [4.69, 9.17) is 9.47 Å². The minimum absolute atomic E-state index is 0.0800. The topological polar surface area (TPSA) is 101 Å². The Hall–Kier alpha value is -1.86. The molecule has 3 N–H and O–H groups in total. The number of amides is 1. The Labute approximate surface area is 129 Å². The number of aliphatic hydroxyl groups is 1. The second-order valence-corrected chi connectivity index (χ2v) is 5.65. The second-order valence-electron chi connectivity index (χ2n) is 5.65. The summed E-state index contributed by atoms with van der Waals surface area (Å²) in [4.78, 5) is 27.3. The van der Waals surface area contributed by atoms with E-state index >= 15 is 0 Å². The maximum Gasteiger partial charge on any atom is 0.340 e. The Morgan fingerprint density at radius 3 is 2.55 bits per heavy atom. The molecule has 7 heteroatoms. The fraction of sp³-hybridized carbons (Fsp3) is 0.600. The van der Waals surface area contributed by atoms with Gasteiger partial charge in [-0.3, -0.25) is 4.79 Å². The Kier molecular flexibility index (Phi) is 4.87. The van der Waals surface area contributed by atoms with Crippen LogP contribution in [0.4, 0.5) is 0 Å². The summed E-state index contributed by atoms with van der Waals surface area (Å²) in [5.74, 6) is -0.797. The van der Waals surface area contributed by atoms with Gasteiger partial charge in [0.2, 0.25) is 0 Å². The van der Waals surface area contributed by atoms with Crippen LogP contribution < -0.4 is 5.32 Å². The first-order chi connectivity index (χ1) is 10.4. The standard InChI is InChI=1S/C15H22N2O5/c1-9-11(14(20)22-7-6-21-3)10(2)16-12(9)13(19)17-15(8-18)4-5-15/h16,18H,4-8H2,1-3H3,(H,17,19). The Morgan fingerprint density at radius 1 is 1.32 bits per heavy atom. The minimum Gasteiger partial charge on any atom is -0.460 e. The first-order valence-electron chi connectivity index (χ1n) is 7.22. The molecule has 1 heterocycles. The van der Waals surface area contributed by atoms with Gasteiger partial charge in [0.15, 0.2) is 0 Å². The molecule has 7 nitrogen and oxygen atoms in total. The summed E-state index contributed by atoms with van der Waals surface area (Å²) in [5, 5.41) is 12.1. The van der Waals surface area contributed by atoms with Crippen molar-refractivity contribution < 1.29 is 24.2 Å². The van der Waals surface area contributed by atoms with E-state index in [1.54, 1.807) is 13.8 Å². The molecule has 1 saturated carbocycles. The molecule has 0 unspecified atom stereocenters. The van der Waals surface area contributed by atoms with Crippen molar-refractivity contribution in [3.63, 3.8) is 0 Å². The smallest absolute Gasteiger partial charge is 0.340 e. The molecule has 0 atom stereocenters. The van der Waals surface area contributed by atoms with Gasteiger partial charge in [0.1, 0.15) is 12.3 Å². The number of rotatable bonds is 7. The van der Waals surface area contributed by atoms with Gasteiger partial charge in [-0.1, -0.05) is 0 Å². The number of H-pyrrole nitrogens is 1. The molecule has 22 heavy (non-hydrogen) atoms. The number of nitrogens with one attached hydrogen (secondary N) is 2. The van der Waals surface area contributed by atoms with Crippen molar-refractivity contribution in [2.45, 2.75) is 32.2 Å². The van der Waals surface area contributed by atoms with Crippen LogP contribution >= 0.6 is 0 Å². The van der Waals surface area contributed by atoms with Gasteiger partial charge >= 0.3 is 5.97 Å². The molecule has 0 aromatic carbocycles. The monoisotopic (exact) mass is 310 g/mol. The molecule has 1 fully saturated rings. The molecule has 1 aromatic rings. The number of ether oxygens (including phenoxy) is 2. The van der Waals surface area contributed by atoms with Crippen LogP contribution in [0.1, 0.15) is 44.9 Å². The number of aliphatic hydroxyl groups excluding tert-OH is 1. The summed E-state index contributed by atoms with van der Waals surface area (Å²) < 4.78 is 9.94. The third kappa shape index (κ3) is 3.31. The third-order valence-electron chi connectivity index (χ3n) is 3.92. The fourth-order valence-electron chi connectivity index (χ4n) is 2.35. The summed E-state index contributed by atoms with van der Waals surface area (Å²) >= 11 is 0. The molecule has 1 aliphatic rings. The zero-order valence-electron chi connectivity index (χ0n) is 13.1. The lowest BCUT2D eigenvalue weighted by Gasteiger charge is -2.13. The minimum atomic E-state index is -0.498. The van der Waals surface area contributed by atoms with Crippen molar-refractivity contribution in [1.82, 2.24) is 10.3 Å². The lowest BCUT2D eigenvalue weighted by molar-refractivity contribution is 0.0387. The molecule has 0 radical (unpaired) electrons. The van der Waals surface area contributed by atoms with Crippen LogP contribution in [0.5, 0.6) is 0 Å². The van der Waals surface area contributed by atoms with E-state index in [1.165, 1.54) is 7.11 Å². The van der Waals surface area contributed by atoms with Crippen molar-refractivity contribution in [3.8, 4) is 0 Å². The quantitative estimate of drug-likeness (QED) is 0.508. The molecule has 122 valence electrons. The summed E-state index contributed by atoms with van der Waals surface area (Å²) in [7, 11) is 1.53. The average Bonchev–Trinajstić information content (AvgIpc) is 3.18. The number of carbonyl (C=O) groups excluding carboxylic acids is 2. The van der Waals surface area contributed by atoms with Crippen LogP contribution in [0.2, 0.25) is 0 Å². The number of aryl methyl sites for hydroxylation is 1. The highest BCUT2D eigenvalue weighted by Crippen LogP contribution is 2.35. The molecule has 0 saturated heterocycles. The van der Waals surface area contributed by atoms with Gasteiger partial charge in [-0.15, -0.1) is 0 Å². The van der Waals surface area contributed by atoms with Gasteiger partial charge in [0, 0.05) is 12.8 Å². The maximum absolute atomic E-state index is 12.3. The number of hydrogen-bond acceptors (Lipinski definition) is 5. The number of methoxy groups -OCH3 is 1. The summed E-state index contributed by atoms with van der Waals surface area (Å²) in [6.45, 7) is 3.82. The Balaban J connectivity index is 2.12. The van der Waals surface area contributed by atoms with Crippen molar-refractivity contribution in [2.24, 2.45) is 0 Å². The van der Waals surface area contributed by atoms with Crippen LogP contribution in [0.3, 0.4) is 0 Å². The normalized spacial score (nSPS) is 15.5. The largest absolute Gasteiger partial charge is 0.460 e. The van der Waals surface area contributed by atoms with Crippen LogP contribution in [-0.2, 0) is 9.47 Å². The van der Waals surface area contributed by atoms with Crippen molar-refractivity contribution in [3.05, 3.63) is 22.5 Å². The first kappa shape index (κ1) is 16.5. The van der Waals surface area contributed by atoms with Crippen molar-refractivity contribution >= 4 is 11.9 Å². The van der Waals surface area contributed by atoms with E-state index in [2.05, 4.69) is 10.3 Å². The average molecular weight is 310 g/mol. The maximum atomic E-state index is 12.3. The molecule has 1 aliphatic carbocycles. The SMILES string of the molecule is COCCOC(=O)c1c(C)[nH]c(C(=O)NC2(CO)CC2)c1C. The van der Waals surface area contributed by atoms with E-state index in [-0.39, 0.29) is 19.1 Å². The van der Waals surface area contributed by atoms with E-state index in [0.717, 1.165) is 12.8 Å². The highest BCUT2D eigenvalue weighted by Gasteiger charge is 2.44. The fourth-order valence-corrected chi connectivity index (χ4v) is 2.35.